The van der Waals surface area contributed by atoms with Crippen molar-refractivity contribution < 1.29 is 31.1 Å². The molecule has 0 atom stereocenters. The second-order valence-electron chi connectivity index (χ2n) is 4.38. The van der Waals surface area contributed by atoms with E-state index >= 15 is 0 Å². The number of hydrogen-bond acceptors (Lipinski definition) is 4. The molecule has 1 rings (SSSR count). The maximum absolute atomic E-state index is 12.4. The third kappa shape index (κ3) is 6.30. The summed E-state index contributed by atoms with van der Waals surface area (Å²) in [5.74, 6) is 0. The Balaban J connectivity index is 2.46. The lowest BCUT2D eigenvalue weighted by atomic mass is 10.2. The van der Waals surface area contributed by atoms with Crippen molar-refractivity contribution in [1.82, 2.24) is 4.72 Å². The number of hydrogen-bond donors (Lipinski definition) is 1. The summed E-state index contributed by atoms with van der Waals surface area (Å²) < 4.78 is 73.2. The van der Waals surface area contributed by atoms with E-state index in [1.54, 1.807) is 7.11 Å². The average molecular weight is 341 g/mol. The lowest BCUT2D eigenvalue weighted by Crippen LogP contribution is -2.25. The second kappa shape index (κ2) is 8.47. The zero-order valence-electron chi connectivity index (χ0n) is 12.0. The van der Waals surface area contributed by atoms with Gasteiger partial charge in [-0.05, 0) is 30.7 Å². The van der Waals surface area contributed by atoms with Crippen LogP contribution >= 0.6 is 0 Å². The van der Waals surface area contributed by atoms with Crippen LogP contribution in [-0.2, 0) is 25.7 Å². The fourth-order valence-electron chi connectivity index (χ4n) is 1.53. The summed E-state index contributed by atoms with van der Waals surface area (Å²) in [5.41, 5.74) is -0.891. The van der Waals surface area contributed by atoms with Crippen LogP contribution in [0.2, 0.25) is 0 Å². The molecule has 0 aliphatic heterocycles. The minimum absolute atomic E-state index is 0.135. The maximum Gasteiger partial charge on any atom is 0.416 e. The van der Waals surface area contributed by atoms with Gasteiger partial charge in [-0.2, -0.15) is 13.2 Å². The Kier molecular flexibility index (Phi) is 7.27. The molecule has 1 N–H and O–H groups in total. The van der Waals surface area contributed by atoms with Gasteiger partial charge in [0.05, 0.1) is 23.7 Å². The van der Waals surface area contributed by atoms with Crippen molar-refractivity contribution in [2.45, 2.75) is 17.5 Å². The van der Waals surface area contributed by atoms with Crippen LogP contribution in [0.25, 0.3) is 0 Å². The summed E-state index contributed by atoms with van der Waals surface area (Å²) in [7, 11) is -2.27. The van der Waals surface area contributed by atoms with Crippen LogP contribution in [0.3, 0.4) is 0 Å². The predicted octanol–water partition coefficient (Wildman–Crippen LogP) is 2.04. The summed E-state index contributed by atoms with van der Waals surface area (Å²) in [6.07, 6.45) is -4.04. The van der Waals surface area contributed by atoms with Crippen LogP contribution in [0.15, 0.2) is 29.2 Å². The molecule has 5 nitrogen and oxygen atoms in total. The van der Waals surface area contributed by atoms with Gasteiger partial charge in [0, 0.05) is 20.3 Å². The third-order valence-corrected chi connectivity index (χ3v) is 4.16. The van der Waals surface area contributed by atoms with Crippen molar-refractivity contribution >= 4 is 10.0 Å². The standard InChI is InChI=1S/C13H18F3NO4S/c1-20-9-10-21-8-2-7-17-22(18,19)12-5-3-11(4-6-12)13(14,15)16/h3-6,17H,2,7-10H2,1H3. The largest absolute Gasteiger partial charge is 0.416 e. The van der Waals surface area contributed by atoms with Crippen molar-refractivity contribution in [2.75, 3.05) is 33.5 Å². The van der Waals surface area contributed by atoms with Crippen LogP contribution < -0.4 is 4.72 Å². The number of sulfonamides is 1. The monoisotopic (exact) mass is 341 g/mol. The van der Waals surface area contributed by atoms with Gasteiger partial charge in [-0.3, -0.25) is 0 Å². The van der Waals surface area contributed by atoms with E-state index in [0.29, 0.717) is 26.2 Å². The maximum atomic E-state index is 12.4. The van der Waals surface area contributed by atoms with Crippen LogP contribution in [-0.4, -0.2) is 41.9 Å². The third-order valence-electron chi connectivity index (χ3n) is 2.68. The van der Waals surface area contributed by atoms with Gasteiger partial charge in [-0.25, -0.2) is 13.1 Å². The summed E-state index contributed by atoms with van der Waals surface area (Å²) in [6, 6.07) is 3.34. The lowest BCUT2D eigenvalue weighted by Gasteiger charge is -2.09. The smallest absolute Gasteiger partial charge is 0.382 e. The normalized spacial score (nSPS) is 12.5. The Labute approximate surface area is 127 Å². The molecule has 22 heavy (non-hydrogen) atoms. The molecule has 0 saturated heterocycles. The fourth-order valence-corrected chi connectivity index (χ4v) is 2.61. The topological polar surface area (TPSA) is 64.6 Å². The van der Waals surface area contributed by atoms with E-state index in [0.717, 1.165) is 24.3 Å². The number of methoxy groups -OCH3 is 1. The van der Waals surface area contributed by atoms with Gasteiger partial charge in [-0.1, -0.05) is 0 Å². The first kappa shape index (κ1) is 18.9. The van der Waals surface area contributed by atoms with Crippen LogP contribution in [0.4, 0.5) is 13.2 Å². The van der Waals surface area contributed by atoms with Gasteiger partial charge in [0.15, 0.2) is 0 Å². The van der Waals surface area contributed by atoms with Gasteiger partial charge in [0.25, 0.3) is 0 Å². The highest BCUT2D eigenvalue weighted by atomic mass is 32.2. The Morgan fingerprint density at radius 2 is 1.73 bits per heavy atom. The highest BCUT2D eigenvalue weighted by molar-refractivity contribution is 7.89. The molecule has 0 bridgehead atoms. The first-order valence-corrected chi connectivity index (χ1v) is 7.99. The molecule has 0 saturated carbocycles. The molecule has 0 aliphatic carbocycles. The molecule has 0 spiro atoms. The number of halogens is 3. The summed E-state index contributed by atoms with van der Waals surface area (Å²) in [5, 5.41) is 0. The van der Waals surface area contributed by atoms with E-state index in [9.17, 15) is 21.6 Å². The second-order valence-corrected chi connectivity index (χ2v) is 6.15. The minimum Gasteiger partial charge on any atom is -0.382 e. The predicted molar refractivity (Wildman–Crippen MR) is 73.9 cm³/mol. The Morgan fingerprint density at radius 1 is 1.09 bits per heavy atom. The van der Waals surface area contributed by atoms with Crippen molar-refractivity contribution in [3.8, 4) is 0 Å². The number of ether oxygens (including phenoxy) is 2. The molecule has 9 heteroatoms. The Morgan fingerprint density at radius 3 is 2.27 bits per heavy atom. The van der Waals surface area contributed by atoms with Gasteiger partial charge in [-0.15, -0.1) is 0 Å². The highest BCUT2D eigenvalue weighted by Crippen LogP contribution is 2.29. The number of nitrogens with one attached hydrogen (secondary N) is 1. The van der Waals surface area contributed by atoms with Crippen LogP contribution in [0.1, 0.15) is 12.0 Å². The van der Waals surface area contributed by atoms with Crippen molar-refractivity contribution in [2.24, 2.45) is 0 Å². The molecule has 0 amide bonds. The van der Waals surface area contributed by atoms with E-state index in [2.05, 4.69) is 4.72 Å². The summed E-state index contributed by atoms with van der Waals surface area (Å²) in [4.78, 5) is -0.208. The van der Waals surface area contributed by atoms with Gasteiger partial charge in [0.1, 0.15) is 0 Å². The molecule has 0 aliphatic rings. The zero-order valence-corrected chi connectivity index (χ0v) is 12.8. The van der Waals surface area contributed by atoms with E-state index < -0.39 is 21.8 Å². The molecular formula is C13H18F3NO4S. The SMILES string of the molecule is COCCOCCCNS(=O)(=O)c1ccc(C(F)(F)F)cc1. The highest BCUT2D eigenvalue weighted by Gasteiger charge is 2.30. The van der Waals surface area contributed by atoms with Crippen molar-refractivity contribution in [3.05, 3.63) is 29.8 Å². The van der Waals surface area contributed by atoms with Crippen molar-refractivity contribution in [3.63, 3.8) is 0 Å². The average Bonchev–Trinajstić information content (AvgIpc) is 2.45. The van der Waals surface area contributed by atoms with E-state index in [1.807, 2.05) is 0 Å². The van der Waals surface area contributed by atoms with Crippen LogP contribution in [0.5, 0.6) is 0 Å². The number of alkyl halides is 3. The van der Waals surface area contributed by atoms with Crippen LogP contribution in [0, 0.1) is 0 Å². The Bertz CT molecular complexity index is 543. The number of benzene rings is 1. The first-order valence-electron chi connectivity index (χ1n) is 6.51. The fraction of sp³-hybridized carbons (Fsp3) is 0.538. The molecule has 1 aromatic rings. The van der Waals surface area contributed by atoms with E-state index in [4.69, 9.17) is 9.47 Å². The molecule has 0 unspecified atom stereocenters. The molecular weight excluding hydrogens is 323 g/mol. The van der Waals surface area contributed by atoms with Gasteiger partial charge in [0.2, 0.25) is 10.0 Å². The molecule has 0 radical (unpaired) electrons. The minimum atomic E-state index is -4.49. The quantitative estimate of drug-likeness (QED) is 0.698. The van der Waals surface area contributed by atoms with Gasteiger partial charge < -0.3 is 9.47 Å². The lowest BCUT2D eigenvalue weighted by molar-refractivity contribution is -0.137. The Hall–Kier alpha value is -1.16. The van der Waals surface area contributed by atoms with Gasteiger partial charge >= 0.3 is 6.18 Å². The molecule has 0 aromatic heterocycles. The summed E-state index contributed by atoms with van der Waals surface area (Å²) >= 11 is 0. The molecule has 126 valence electrons. The zero-order chi connectivity index (χ0) is 16.6. The van der Waals surface area contributed by atoms with E-state index in [-0.39, 0.29) is 11.4 Å². The van der Waals surface area contributed by atoms with E-state index in [1.165, 1.54) is 0 Å². The summed E-state index contributed by atoms with van der Waals surface area (Å²) in [6.45, 7) is 1.37. The first-order chi connectivity index (χ1) is 10.3. The number of rotatable bonds is 9. The molecule has 0 fully saturated rings. The molecule has 1 aromatic carbocycles. The van der Waals surface area contributed by atoms with Crippen molar-refractivity contribution in [1.29, 1.82) is 0 Å². The molecule has 0 heterocycles.